The number of nitrogens with two attached hydrogens (primary N) is 1. The maximum atomic E-state index is 11.8. The second-order valence-corrected chi connectivity index (χ2v) is 3.92. The first-order valence-electron chi connectivity index (χ1n) is 5.14. The zero-order valence-corrected chi connectivity index (χ0v) is 8.55. The summed E-state index contributed by atoms with van der Waals surface area (Å²) < 4.78 is 1.77. The van der Waals surface area contributed by atoms with Crippen LogP contribution >= 0.6 is 0 Å². The lowest BCUT2D eigenvalue weighted by Gasteiger charge is -2.19. The van der Waals surface area contributed by atoms with E-state index in [4.69, 9.17) is 5.73 Å². The SMILES string of the molecule is Cn1c2c(cc(CN)c1=O)CCCC2. The van der Waals surface area contributed by atoms with Gasteiger partial charge in [-0.15, -0.1) is 0 Å². The number of aromatic nitrogens is 1. The molecular formula is C11H16N2O. The molecule has 1 aromatic rings. The highest BCUT2D eigenvalue weighted by molar-refractivity contribution is 5.28. The molecule has 2 N–H and O–H groups in total. The molecule has 0 aliphatic heterocycles. The van der Waals surface area contributed by atoms with Crippen molar-refractivity contribution < 1.29 is 0 Å². The number of nitrogens with zero attached hydrogens (tertiary/aromatic N) is 1. The predicted molar refractivity (Wildman–Crippen MR) is 56.2 cm³/mol. The first kappa shape index (κ1) is 9.46. The number of hydrogen-bond acceptors (Lipinski definition) is 2. The highest BCUT2D eigenvalue weighted by atomic mass is 16.1. The monoisotopic (exact) mass is 192 g/mol. The average Bonchev–Trinajstić information content (AvgIpc) is 2.23. The fourth-order valence-corrected chi connectivity index (χ4v) is 2.21. The molecule has 1 aliphatic rings. The van der Waals surface area contributed by atoms with Crippen molar-refractivity contribution in [1.82, 2.24) is 4.57 Å². The molecule has 1 aliphatic carbocycles. The maximum Gasteiger partial charge on any atom is 0.254 e. The summed E-state index contributed by atoms with van der Waals surface area (Å²) in [5.74, 6) is 0. The highest BCUT2D eigenvalue weighted by Gasteiger charge is 2.14. The first-order chi connectivity index (χ1) is 6.74. The summed E-state index contributed by atoms with van der Waals surface area (Å²) in [7, 11) is 1.85. The van der Waals surface area contributed by atoms with E-state index in [0.29, 0.717) is 6.54 Å². The molecule has 0 saturated heterocycles. The van der Waals surface area contributed by atoms with Gasteiger partial charge in [-0.3, -0.25) is 4.79 Å². The summed E-state index contributed by atoms with van der Waals surface area (Å²) in [6, 6.07) is 2.00. The first-order valence-corrected chi connectivity index (χ1v) is 5.14. The van der Waals surface area contributed by atoms with E-state index < -0.39 is 0 Å². The smallest absolute Gasteiger partial charge is 0.254 e. The molecule has 0 aromatic carbocycles. The third kappa shape index (κ3) is 1.38. The molecule has 0 unspecified atom stereocenters. The fourth-order valence-electron chi connectivity index (χ4n) is 2.21. The van der Waals surface area contributed by atoms with Crippen LogP contribution in [0.3, 0.4) is 0 Å². The summed E-state index contributed by atoms with van der Waals surface area (Å²) in [6.07, 6.45) is 4.56. The van der Waals surface area contributed by atoms with Crippen molar-refractivity contribution in [2.75, 3.05) is 0 Å². The van der Waals surface area contributed by atoms with Crippen molar-refractivity contribution in [3.05, 3.63) is 33.2 Å². The molecule has 1 heterocycles. The van der Waals surface area contributed by atoms with E-state index in [0.717, 1.165) is 18.4 Å². The van der Waals surface area contributed by atoms with Crippen LogP contribution < -0.4 is 11.3 Å². The van der Waals surface area contributed by atoms with Gasteiger partial charge in [0, 0.05) is 24.8 Å². The van der Waals surface area contributed by atoms with Gasteiger partial charge in [-0.25, -0.2) is 0 Å². The highest BCUT2D eigenvalue weighted by Crippen LogP contribution is 2.19. The van der Waals surface area contributed by atoms with Crippen LogP contribution in [0.25, 0.3) is 0 Å². The van der Waals surface area contributed by atoms with Crippen molar-refractivity contribution in [2.24, 2.45) is 12.8 Å². The van der Waals surface area contributed by atoms with Crippen LogP contribution in [0.15, 0.2) is 10.9 Å². The molecule has 3 nitrogen and oxygen atoms in total. The van der Waals surface area contributed by atoms with E-state index in [1.807, 2.05) is 13.1 Å². The van der Waals surface area contributed by atoms with Gasteiger partial charge >= 0.3 is 0 Å². The minimum Gasteiger partial charge on any atom is -0.326 e. The molecule has 0 saturated carbocycles. The third-order valence-electron chi connectivity index (χ3n) is 3.03. The van der Waals surface area contributed by atoms with E-state index in [1.54, 1.807) is 4.57 Å². The van der Waals surface area contributed by atoms with Gasteiger partial charge in [0.25, 0.3) is 5.56 Å². The Labute approximate surface area is 83.5 Å². The van der Waals surface area contributed by atoms with Crippen LogP contribution in [-0.4, -0.2) is 4.57 Å². The van der Waals surface area contributed by atoms with Gasteiger partial charge in [-0.1, -0.05) is 0 Å². The number of rotatable bonds is 1. The molecule has 0 amide bonds. The van der Waals surface area contributed by atoms with E-state index in [9.17, 15) is 4.79 Å². The van der Waals surface area contributed by atoms with Crippen molar-refractivity contribution in [1.29, 1.82) is 0 Å². The largest absolute Gasteiger partial charge is 0.326 e. The fraction of sp³-hybridized carbons (Fsp3) is 0.545. The maximum absolute atomic E-state index is 11.8. The lowest BCUT2D eigenvalue weighted by atomic mass is 9.94. The van der Waals surface area contributed by atoms with Gasteiger partial charge in [0.05, 0.1) is 0 Å². The number of fused-ring (bicyclic) bond motifs is 1. The molecule has 14 heavy (non-hydrogen) atoms. The van der Waals surface area contributed by atoms with Crippen LogP contribution in [0, 0.1) is 0 Å². The lowest BCUT2D eigenvalue weighted by molar-refractivity contribution is 0.618. The van der Waals surface area contributed by atoms with Gasteiger partial charge in [-0.2, -0.15) is 0 Å². The number of aryl methyl sites for hydroxylation is 1. The van der Waals surface area contributed by atoms with Crippen LogP contribution in [0.5, 0.6) is 0 Å². The molecule has 2 rings (SSSR count). The molecule has 0 spiro atoms. The summed E-state index contributed by atoms with van der Waals surface area (Å²) in [6.45, 7) is 0.347. The number of hydrogen-bond donors (Lipinski definition) is 1. The Kier molecular flexibility index (Phi) is 2.42. The molecular weight excluding hydrogens is 176 g/mol. The van der Waals surface area contributed by atoms with Crippen LogP contribution in [-0.2, 0) is 26.4 Å². The van der Waals surface area contributed by atoms with E-state index in [2.05, 4.69) is 0 Å². The number of pyridine rings is 1. The van der Waals surface area contributed by atoms with E-state index in [-0.39, 0.29) is 5.56 Å². The van der Waals surface area contributed by atoms with Gasteiger partial charge in [0.15, 0.2) is 0 Å². The summed E-state index contributed by atoms with van der Waals surface area (Å²) in [5, 5.41) is 0. The lowest BCUT2D eigenvalue weighted by Crippen LogP contribution is -2.28. The van der Waals surface area contributed by atoms with Crippen molar-refractivity contribution in [2.45, 2.75) is 32.2 Å². The van der Waals surface area contributed by atoms with Crippen molar-refractivity contribution in [3.63, 3.8) is 0 Å². The minimum atomic E-state index is 0.0770. The topological polar surface area (TPSA) is 48.0 Å². The Balaban J connectivity index is 2.63. The van der Waals surface area contributed by atoms with Gasteiger partial charge in [0.1, 0.15) is 0 Å². The molecule has 1 aromatic heterocycles. The zero-order chi connectivity index (χ0) is 10.1. The Morgan fingerprint density at radius 3 is 2.86 bits per heavy atom. The van der Waals surface area contributed by atoms with Crippen LogP contribution in [0.2, 0.25) is 0 Å². The van der Waals surface area contributed by atoms with E-state index in [1.165, 1.54) is 24.1 Å². The molecule has 0 fully saturated rings. The second kappa shape index (κ2) is 3.58. The third-order valence-corrected chi connectivity index (χ3v) is 3.03. The zero-order valence-electron chi connectivity index (χ0n) is 8.55. The van der Waals surface area contributed by atoms with Gasteiger partial charge in [0.2, 0.25) is 0 Å². The van der Waals surface area contributed by atoms with Crippen molar-refractivity contribution >= 4 is 0 Å². The predicted octanol–water partition coefficient (Wildman–Crippen LogP) is 0.723. The molecule has 3 heteroatoms. The standard InChI is InChI=1S/C11H16N2O/c1-13-10-5-3-2-4-8(10)6-9(7-12)11(13)14/h6H,2-5,7,12H2,1H3. The van der Waals surface area contributed by atoms with Gasteiger partial charge in [-0.05, 0) is 37.3 Å². The molecule has 76 valence electrons. The molecule has 0 atom stereocenters. The summed E-state index contributed by atoms with van der Waals surface area (Å²) >= 11 is 0. The Morgan fingerprint density at radius 1 is 1.43 bits per heavy atom. The quantitative estimate of drug-likeness (QED) is 0.712. The molecule has 0 bridgehead atoms. The second-order valence-electron chi connectivity index (χ2n) is 3.92. The summed E-state index contributed by atoms with van der Waals surface area (Å²) in [5.41, 5.74) is 8.89. The normalized spacial score (nSPS) is 15.3. The van der Waals surface area contributed by atoms with E-state index >= 15 is 0 Å². The van der Waals surface area contributed by atoms with Crippen molar-refractivity contribution in [3.8, 4) is 0 Å². The Hall–Kier alpha value is -1.09. The summed E-state index contributed by atoms with van der Waals surface area (Å²) in [4.78, 5) is 11.8. The Morgan fingerprint density at radius 2 is 2.14 bits per heavy atom. The average molecular weight is 192 g/mol. The molecule has 0 radical (unpaired) electrons. The minimum absolute atomic E-state index is 0.0770. The van der Waals surface area contributed by atoms with Gasteiger partial charge < -0.3 is 10.3 Å². The van der Waals surface area contributed by atoms with Crippen LogP contribution in [0.4, 0.5) is 0 Å². The van der Waals surface area contributed by atoms with Crippen LogP contribution in [0.1, 0.15) is 29.7 Å². The Bertz CT molecular complexity index is 406.